The van der Waals surface area contributed by atoms with Crippen LogP contribution in [0.4, 0.5) is 0 Å². The summed E-state index contributed by atoms with van der Waals surface area (Å²) in [6, 6.07) is 8.19. The Morgan fingerprint density at radius 2 is 1.10 bits per heavy atom. The van der Waals surface area contributed by atoms with E-state index in [-0.39, 0.29) is 11.8 Å². The maximum atomic E-state index is 10.5. The van der Waals surface area contributed by atoms with Crippen LogP contribution in [0.1, 0.15) is 93.2 Å². The molecule has 0 saturated heterocycles. The van der Waals surface area contributed by atoms with Gasteiger partial charge in [-0.05, 0) is 65.5 Å². The molecule has 2 N–H and O–H groups in total. The molecule has 0 aliphatic carbocycles. The Morgan fingerprint density at radius 3 is 1.42 bits per heavy atom. The highest BCUT2D eigenvalue weighted by molar-refractivity contribution is 5.85. The lowest BCUT2D eigenvalue weighted by atomic mass is 9.95. The van der Waals surface area contributed by atoms with Gasteiger partial charge in [-0.15, -0.1) is 0 Å². The van der Waals surface area contributed by atoms with Gasteiger partial charge in [0.15, 0.2) is 0 Å². The molecule has 0 saturated carbocycles. The van der Waals surface area contributed by atoms with Crippen LogP contribution in [-0.4, -0.2) is 35.7 Å². The first kappa shape index (κ1) is 24.6. The maximum Gasteiger partial charge on any atom is 0.127 e. The second-order valence-electron chi connectivity index (χ2n) is 8.69. The largest absolute Gasteiger partial charge is 0.507 e. The number of rotatable bonds is 10. The molecule has 0 radical (unpaired) electrons. The number of hydrogen-bond acceptors (Lipinski definition) is 4. The smallest absolute Gasteiger partial charge is 0.127 e. The van der Waals surface area contributed by atoms with Crippen molar-refractivity contribution in [3.8, 4) is 11.5 Å². The Hall–Kier alpha value is -2.62. The van der Waals surface area contributed by atoms with Gasteiger partial charge in [-0.3, -0.25) is 9.98 Å². The van der Waals surface area contributed by atoms with Gasteiger partial charge in [-0.25, -0.2) is 0 Å². The van der Waals surface area contributed by atoms with Crippen LogP contribution in [-0.2, 0) is 12.8 Å². The number of aromatic hydroxyl groups is 2. The normalized spacial score (nSPS) is 12.1. The van der Waals surface area contributed by atoms with Crippen LogP contribution in [0.15, 0.2) is 34.3 Å². The third-order valence-corrected chi connectivity index (χ3v) is 5.55. The SMILES string of the molecule is CCc1cc(C=NCCCN=Cc2cc(CC)cc(C(C)C)c2O)c(O)c(C(C)C)c1. The molecule has 31 heavy (non-hydrogen) atoms. The van der Waals surface area contributed by atoms with Crippen molar-refractivity contribution in [2.24, 2.45) is 9.98 Å². The summed E-state index contributed by atoms with van der Waals surface area (Å²) in [5.74, 6) is 1.21. The maximum absolute atomic E-state index is 10.5. The molecule has 2 aromatic rings. The van der Waals surface area contributed by atoms with Crippen LogP contribution in [0.5, 0.6) is 11.5 Å². The van der Waals surface area contributed by atoms with E-state index in [4.69, 9.17) is 0 Å². The first-order valence-electron chi connectivity index (χ1n) is 11.5. The van der Waals surface area contributed by atoms with Gasteiger partial charge in [0.2, 0.25) is 0 Å². The predicted octanol–water partition coefficient (Wildman–Crippen LogP) is 6.40. The topological polar surface area (TPSA) is 65.2 Å². The predicted molar refractivity (Wildman–Crippen MR) is 133 cm³/mol. The molecule has 168 valence electrons. The van der Waals surface area contributed by atoms with Crippen molar-refractivity contribution >= 4 is 12.4 Å². The molecule has 0 bridgehead atoms. The van der Waals surface area contributed by atoms with Gasteiger partial charge < -0.3 is 10.2 Å². The Balaban J connectivity index is 1.99. The van der Waals surface area contributed by atoms with Crippen molar-refractivity contribution in [3.63, 3.8) is 0 Å². The minimum absolute atomic E-state index is 0.270. The van der Waals surface area contributed by atoms with Gasteiger partial charge in [0.1, 0.15) is 11.5 Å². The Morgan fingerprint density at radius 1 is 0.710 bits per heavy atom. The van der Waals surface area contributed by atoms with Crippen LogP contribution >= 0.6 is 0 Å². The minimum Gasteiger partial charge on any atom is -0.507 e. The number of aliphatic imine (C=N–C) groups is 2. The van der Waals surface area contributed by atoms with Crippen molar-refractivity contribution in [2.45, 2.75) is 72.6 Å². The Bertz CT molecular complexity index is 852. The summed E-state index contributed by atoms with van der Waals surface area (Å²) in [4.78, 5) is 8.99. The molecule has 0 aromatic heterocycles. The van der Waals surface area contributed by atoms with E-state index < -0.39 is 0 Å². The average Bonchev–Trinajstić information content (AvgIpc) is 2.74. The molecule has 2 aromatic carbocycles. The lowest BCUT2D eigenvalue weighted by molar-refractivity contribution is 0.463. The van der Waals surface area contributed by atoms with Crippen molar-refractivity contribution in [1.82, 2.24) is 0 Å². The van der Waals surface area contributed by atoms with E-state index in [2.05, 4.69) is 63.7 Å². The van der Waals surface area contributed by atoms with E-state index in [0.29, 0.717) is 24.6 Å². The van der Waals surface area contributed by atoms with E-state index in [9.17, 15) is 10.2 Å². The summed E-state index contributed by atoms with van der Waals surface area (Å²) in [5, 5.41) is 21.1. The first-order chi connectivity index (χ1) is 14.8. The van der Waals surface area contributed by atoms with Gasteiger partial charge in [0, 0.05) is 36.6 Å². The van der Waals surface area contributed by atoms with E-state index in [1.54, 1.807) is 12.4 Å². The molecule has 0 aliphatic heterocycles. The van der Waals surface area contributed by atoms with Gasteiger partial charge in [0.25, 0.3) is 0 Å². The summed E-state index contributed by atoms with van der Waals surface area (Å²) >= 11 is 0. The lowest BCUT2D eigenvalue weighted by Gasteiger charge is -2.13. The molecule has 2 rings (SSSR count). The zero-order valence-electron chi connectivity index (χ0n) is 19.9. The van der Waals surface area contributed by atoms with Crippen molar-refractivity contribution in [3.05, 3.63) is 57.6 Å². The number of hydrogen-bond donors (Lipinski definition) is 2. The Kier molecular flexibility index (Phi) is 9.29. The van der Waals surface area contributed by atoms with Gasteiger partial charge in [-0.1, -0.05) is 53.7 Å². The van der Waals surface area contributed by atoms with Crippen LogP contribution in [0.25, 0.3) is 0 Å². The van der Waals surface area contributed by atoms with Crippen LogP contribution < -0.4 is 0 Å². The van der Waals surface area contributed by atoms with E-state index in [1.807, 2.05) is 12.1 Å². The standard InChI is InChI=1S/C27H38N2O2/c1-7-20-12-22(26(30)24(14-20)18(3)4)16-28-10-9-11-29-17-23-13-21(8-2)15-25(19(5)6)27(23)31/h12-19,30-31H,7-11H2,1-6H3. The summed E-state index contributed by atoms with van der Waals surface area (Å²) in [6.45, 7) is 13.9. The summed E-state index contributed by atoms with van der Waals surface area (Å²) in [7, 11) is 0. The summed E-state index contributed by atoms with van der Waals surface area (Å²) in [6.07, 6.45) is 6.22. The quantitative estimate of drug-likeness (QED) is 0.344. The number of phenolic OH excluding ortho intramolecular Hbond substituents is 2. The highest BCUT2D eigenvalue weighted by Gasteiger charge is 2.12. The average molecular weight is 423 g/mol. The molecule has 0 heterocycles. The van der Waals surface area contributed by atoms with Crippen LogP contribution in [0.3, 0.4) is 0 Å². The summed E-state index contributed by atoms with van der Waals surface area (Å²) in [5.41, 5.74) is 5.94. The van der Waals surface area contributed by atoms with Crippen LogP contribution in [0.2, 0.25) is 0 Å². The third kappa shape index (κ3) is 6.68. The fourth-order valence-corrected chi connectivity index (χ4v) is 3.55. The number of benzene rings is 2. The fourth-order valence-electron chi connectivity index (χ4n) is 3.55. The van der Waals surface area contributed by atoms with E-state index >= 15 is 0 Å². The molecule has 4 nitrogen and oxygen atoms in total. The molecule has 0 spiro atoms. The molecule has 0 amide bonds. The van der Waals surface area contributed by atoms with E-state index in [1.165, 1.54) is 11.1 Å². The summed E-state index contributed by atoms with van der Waals surface area (Å²) < 4.78 is 0. The first-order valence-corrected chi connectivity index (χ1v) is 11.5. The van der Waals surface area contributed by atoms with Crippen molar-refractivity contribution in [1.29, 1.82) is 0 Å². The highest BCUT2D eigenvalue weighted by Crippen LogP contribution is 2.31. The minimum atomic E-state index is 0.270. The number of aryl methyl sites for hydroxylation is 2. The molecule has 0 aliphatic rings. The number of phenols is 2. The molecule has 0 atom stereocenters. The molecule has 4 heteroatoms. The van der Waals surface area contributed by atoms with E-state index in [0.717, 1.165) is 41.5 Å². The zero-order chi connectivity index (χ0) is 23.0. The van der Waals surface area contributed by atoms with Crippen molar-refractivity contribution < 1.29 is 10.2 Å². The molecular formula is C27H38N2O2. The highest BCUT2D eigenvalue weighted by atomic mass is 16.3. The Labute approximate surface area is 187 Å². The van der Waals surface area contributed by atoms with Gasteiger partial charge in [0.05, 0.1) is 0 Å². The molecular weight excluding hydrogens is 384 g/mol. The van der Waals surface area contributed by atoms with Crippen LogP contribution in [0, 0.1) is 0 Å². The van der Waals surface area contributed by atoms with Crippen molar-refractivity contribution in [2.75, 3.05) is 13.1 Å². The molecule has 0 fully saturated rings. The second-order valence-corrected chi connectivity index (χ2v) is 8.69. The zero-order valence-corrected chi connectivity index (χ0v) is 19.9. The van der Waals surface area contributed by atoms with Gasteiger partial charge in [-0.2, -0.15) is 0 Å². The number of nitrogens with zero attached hydrogens (tertiary/aromatic N) is 2. The molecule has 0 unspecified atom stereocenters. The monoisotopic (exact) mass is 422 g/mol. The fraction of sp³-hybridized carbons (Fsp3) is 0.481. The van der Waals surface area contributed by atoms with Gasteiger partial charge >= 0.3 is 0 Å². The third-order valence-electron chi connectivity index (χ3n) is 5.55. The lowest BCUT2D eigenvalue weighted by Crippen LogP contribution is -1.97. The second kappa shape index (κ2) is 11.7.